The fourth-order valence-electron chi connectivity index (χ4n) is 1.27. The topological polar surface area (TPSA) is 48.1 Å². The Morgan fingerprint density at radius 2 is 2.36 bits per heavy atom. The molecule has 0 spiro atoms. The van der Waals surface area contributed by atoms with E-state index in [1.54, 1.807) is 13.2 Å². The number of aromatic nitrogens is 1. The van der Waals surface area contributed by atoms with Crippen molar-refractivity contribution in [1.29, 1.82) is 0 Å². The normalized spacial score (nSPS) is 15.1. The smallest absolute Gasteiger partial charge is 0.146 e. The van der Waals surface area contributed by atoms with Crippen LogP contribution in [0.4, 0.5) is 4.39 Å². The van der Waals surface area contributed by atoms with Gasteiger partial charge in [-0.2, -0.15) is 0 Å². The van der Waals surface area contributed by atoms with Gasteiger partial charge >= 0.3 is 0 Å². The van der Waals surface area contributed by atoms with Crippen LogP contribution in [-0.2, 0) is 4.74 Å². The molecule has 0 aliphatic heterocycles. The van der Waals surface area contributed by atoms with Crippen LogP contribution in [0, 0.1) is 5.82 Å². The number of rotatable bonds is 4. The van der Waals surface area contributed by atoms with Crippen LogP contribution in [0.15, 0.2) is 18.5 Å². The fraction of sp³-hybridized carbons (Fsp3) is 0.500. The van der Waals surface area contributed by atoms with Gasteiger partial charge in [0.2, 0.25) is 0 Å². The van der Waals surface area contributed by atoms with Gasteiger partial charge in [-0.15, -0.1) is 0 Å². The highest BCUT2D eigenvalue weighted by Gasteiger charge is 2.14. The third kappa shape index (κ3) is 2.75. The second-order valence-electron chi connectivity index (χ2n) is 3.29. The molecule has 1 aromatic rings. The summed E-state index contributed by atoms with van der Waals surface area (Å²) in [4.78, 5) is 3.66. The first-order valence-electron chi connectivity index (χ1n) is 4.53. The van der Waals surface area contributed by atoms with Crippen LogP contribution in [0.2, 0.25) is 0 Å². The largest absolute Gasteiger partial charge is 0.382 e. The van der Waals surface area contributed by atoms with Crippen LogP contribution in [0.25, 0.3) is 0 Å². The molecule has 3 nitrogen and oxygen atoms in total. The zero-order valence-electron chi connectivity index (χ0n) is 8.40. The molecule has 0 aliphatic carbocycles. The fourth-order valence-corrected chi connectivity index (χ4v) is 1.27. The first-order valence-corrected chi connectivity index (χ1v) is 4.53. The maximum atomic E-state index is 13.2. The molecule has 1 rings (SSSR count). The van der Waals surface area contributed by atoms with Crippen LogP contribution in [0.5, 0.6) is 0 Å². The van der Waals surface area contributed by atoms with Crippen LogP contribution < -0.4 is 5.73 Å². The van der Waals surface area contributed by atoms with E-state index in [9.17, 15) is 4.39 Å². The molecule has 1 aromatic heterocycles. The Morgan fingerprint density at radius 1 is 1.64 bits per heavy atom. The number of hydrogen-bond acceptors (Lipinski definition) is 3. The van der Waals surface area contributed by atoms with Gasteiger partial charge in [0, 0.05) is 24.9 Å². The zero-order chi connectivity index (χ0) is 10.6. The molecule has 4 heteroatoms. The van der Waals surface area contributed by atoms with E-state index in [0.717, 1.165) is 0 Å². The van der Waals surface area contributed by atoms with Gasteiger partial charge in [-0.05, 0) is 19.4 Å². The first-order chi connectivity index (χ1) is 6.65. The van der Waals surface area contributed by atoms with E-state index in [1.807, 2.05) is 6.92 Å². The van der Waals surface area contributed by atoms with Gasteiger partial charge in [0.1, 0.15) is 5.82 Å². The quantitative estimate of drug-likeness (QED) is 0.800. The summed E-state index contributed by atoms with van der Waals surface area (Å²) in [5.74, 6) is -0.358. The molecule has 0 saturated carbocycles. The zero-order valence-corrected chi connectivity index (χ0v) is 8.40. The summed E-state index contributed by atoms with van der Waals surface area (Å²) in [6.45, 7) is 1.90. The van der Waals surface area contributed by atoms with Crippen LogP contribution in [-0.4, -0.2) is 18.2 Å². The molecule has 14 heavy (non-hydrogen) atoms. The Morgan fingerprint density at radius 3 is 2.93 bits per heavy atom. The average molecular weight is 198 g/mol. The van der Waals surface area contributed by atoms with Crippen LogP contribution in [0.1, 0.15) is 24.9 Å². The monoisotopic (exact) mass is 198 g/mol. The standard InChI is InChI=1S/C10H15FN2O/c1-7(14-2)5-10(12)8-3-4-13-6-9(8)11/h3-4,6-7,10H,5,12H2,1-2H3. The number of halogens is 1. The SMILES string of the molecule is COC(C)CC(N)c1ccncc1F. The van der Waals surface area contributed by atoms with Gasteiger partial charge in [-0.1, -0.05) is 0 Å². The summed E-state index contributed by atoms with van der Waals surface area (Å²) >= 11 is 0. The van der Waals surface area contributed by atoms with Gasteiger partial charge in [-0.3, -0.25) is 4.98 Å². The van der Waals surface area contributed by atoms with E-state index in [2.05, 4.69) is 4.98 Å². The second kappa shape index (κ2) is 5.02. The van der Waals surface area contributed by atoms with Gasteiger partial charge in [0.15, 0.2) is 0 Å². The molecular weight excluding hydrogens is 183 g/mol. The maximum Gasteiger partial charge on any atom is 0.146 e. The highest BCUT2D eigenvalue weighted by Crippen LogP contribution is 2.18. The Hall–Kier alpha value is -1.00. The molecule has 0 radical (unpaired) electrons. The second-order valence-corrected chi connectivity index (χ2v) is 3.29. The number of methoxy groups -OCH3 is 1. The number of hydrogen-bond donors (Lipinski definition) is 1. The van der Waals surface area contributed by atoms with E-state index in [-0.39, 0.29) is 18.0 Å². The van der Waals surface area contributed by atoms with Crippen molar-refractivity contribution < 1.29 is 9.13 Å². The van der Waals surface area contributed by atoms with Gasteiger partial charge < -0.3 is 10.5 Å². The van der Waals surface area contributed by atoms with Gasteiger partial charge in [-0.25, -0.2) is 4.39 Å². The molecule has 0 amide bonds. The molecule has 1 heterocycles. The molecule has 2 atom stereocenters. The third-order valence-corrected chi connectivity index (χ3v) is 2.19. The summed E-state index contributed by atoms with van der Waals surface area (Å²) < 4.78 is 18.3. The Kier molecular flexibility index (Phi) is 3.98. The summed E-state index contributed by atoms with van der Waals surface area (Å²) in [5.41, 5.74) is 6.31. The minimum atomic E-state index is -0.358. The minimum absolute atomic E-state index is 0.0255. The van der Waals surface area contributed by atoms with Crippen molar-refractivity contribution in [2.45, 2.75) is 25.5 Å². The van der Waals surface area contributed by atoms with Crippen molar-refractivity contribution >= 4 is 0 Å². The van der Waals surface area contributed by atoms with Crippen molar-refractivity contribution in [3.8, 4) is 0 Å². The van der Waals surface area contributed by atoms with Crippen molar-refractivity contribution in [2.75, 3.05) is 7.11 Å². The Balaban J connectivity index is 2.69. The van der Waals surface area contributed by atoms with Crippen LogP contribution >= 0.6 is 0 Å². The van der Waals surface area contributed by atoms with Gasteiger partial charge in [0.25, 0.3) is 0 Å². The number of nitrogens with zero attached hydrogens (tertiary/aromatic N) is 1. The molecule has 0 aliphatic rings. The lowest BCUT2D eigenvalue weighted by atomic mass is 10.0. The molecule has 0 fully saturated rings. The van der Waals surface area contributed by atoms with Crippen molar-refractivity contribution in [3.63, 3.8) is 0 Å². The molecule has 0 bridgehead atoms. The third-order valence-electron chi connectivity index (χ3n) is 2.19. The van der Waals surface area contributed by atoms with E-state index in [1.165, 1.54) is 12.4 Å². The van der Waals surface area contributed by atoms with Crippen molar-refractivity contribution in [2.24, 2.45) is 5.73 Å². The molecule has 0 aromatic carbocycles. The number of nitrogens with two attached hydrogens (primary N) is 1. The Bertz CT molecular complexity index is 293. The summed E-state index contributed by atoms with van der Waals surface area (Å²) in [5, 5.41) is 0. The van der Waals surface area contributed by atoms with E-state index >= 15 is 0 Å². The number of ether oxygens (including phenoxy) is 1. The molecule has 2 unspecified atom stereocenters. The highest BCUT2D eigenvalue weighted by molar-refractivity contribution is 5.16. The lowest BCUT2D eigenvalue weighted by Gasteiger charge is -2.16. The number of pyridine rings is 1. The van der Waals surface area contributed by atoms with Crippen molar-refractivity contribution in [3.05, 3.63) is 29.8 Å². The summed E-state index contributed by atoms with van der Waals surface area (Å²) in [7, 11) is 1.61. The molecule has 0 saturated heterocycles. The molecule has 78 valence electrons. The molecule has 2 N–H and O–H groups in total. The van der Waals surface area contributed by atoms with Gasteiger partial charge in [0.05, 0.1) is 12.3 Å². The average Bonchev–Trinajstić information content (AvgIpc) is 2.18. The maximum absolute atomic E-state index is 13.2. The summed E-state index contributed by atoms with van der Waals surface area (Å²) in [6, 6.07) is 1.26. The molecular formula is C10H15FN2O. The van der Waals surface area contributed by atoms with E-state index in [4.69, 9.17) is 10.5 Å². The van der Waals surface area contributed by atoms with Crippen molar-refractivity contribution in [1.82, 2.24) is 4.98 Å². The van der Waals surface area contributed by atoms with Crippen LogP contribution in [0.3, 0.4) is 0 Å². The minimum Gasteiger partial charge on any atom is -0.382 e. The first kappa shape index (κ1) is 11.1. The van der Waals surface area contributed by atoms with E-state index < -0.39 is 0 Å². The Labute approximate surface area is 83.1 Å². The lowest BCUT2D eigenvalue weighted by molar-refractivity contribution is 0.104. The van der Waals surface area contributed by atoms with E-state index in [0.29, 0.717) is 12.0 Å². The highest BCUT2D eigenvalue weighted by atomic mass is 19.1. The predicted octanol–water partition coefficient (Wildman–Crippen LogP) is 1.65. The summed E-state index contributed by atoms with van der Waals surface area (Å²) in [6.07, 6.45) is 3.33. The predicted molar refractivity (Wildman–Crippen MR) is 52.2 cm³/mol. The lowest BCUT2D eigenvalue weighted by Crippen LogP contribution is -2.19.